The van der Waals surface area contributed by atoms with Gasteiger partial charge >= 0.3 is 7.25 Å². The third-order valence-corrected chi connectivity index (χ3v) is 3.14. The molecule has 0 heterocycles. The fourth-order valence-electron chi connectivity index (χ4n) is 1.88. The van der Waals surface area contributed by atoms with Gasteiger partial charge in [-0.3, -0.25) is 0 Å². The van der Waals surface area contributed by atoms with Gasteiger partial charge in [0.2, 0.25) is 0 Å². The largest absolute Gasteiger partial charge is 0.673 e. The molecule has 2 aromatic carbocycles. The quantitative estimate of drug-likeness (QED) is 0.186. The number of benzene rings is 2. The van der Waals surface area contributed by atoms with Gasteiger partial charge in [-0.15, -0.1) is 0 Å². The van der Waals surface area contributed by atoms with Crippen molar-refractivity contribution in [2.75, 3.05) is 0 Å². The van der Waals surface area contributed by atoms with Gasteiger partial charge in [-0.05, 0) is 49.9 Å². The first-order valence-electron chi connectivity index (χ1n) is 8.94. The van der Waals surface area contributed by atoms with E-state index in [2.05, 4.69) is 24.3 Å². The molecule has 30 heavy (non-hydrogen) atoms. The van der Waals surface area contributed by atoms with Crippen molar-refractivity contribution in [2.24, 2.45) is 0 Å². The first kappa shape index (κ1) is 29.5. The number of nitrogens with zero attached hydrogens (tertiary/aromatic N) is 2. The second-order valence-electron chi connectivity index (χ2n) is 5.55. The molecule has 1 radical (unpaired) electrons. The smallest absolute Gasteiger partial charge is 0.418 e. The Bertz CT molecular complexity index is 714. The van der Waals surface area contributed by atoms with Crippen LogP contribution in [0.15, 0.2) is 85.0 Å². The Labute approximate surface area is 189 Å². The monoisotopic (exact) mass is 594 g/mol. The minimum absolute atomic E-state index is 0. The third-order valence-electron chi connectivity index (χ3n) is 3.14. The van der Waals surface area contributed by atoms with Gasteiger partial charge < -0.3 is 17.3 Å². The van der Waals surface area contributed by atoms with Crippen molar-refractivity contribution in [1.29, 1.82) is 10.5 Å². The molecule has 1 aliphatic carbocycles. The van der Waals surface area contributed by atoms with E-state index in [1.165, 1.54) is 25.7 Å². The Balaban J connectivity index is 0. The zero-order valence-electron chi connectivity index (χ0n) is 16.2. The van der Waals surface area contributed by atoms with Crippen molar-refractivity contribution in [2.45, 2.75) is 25.7 Å². The van der Waals surface area contributed by atoms with Gasteiger partial charge in [0, 0.05) is 20.1 Å². The van der Waals surface area contributed by atoms with Gasteiger partial charge in [-0.25, -0.2) is 0 Å². The van der Waals surface area contributed by atoms with Crippen molar-refractivity contribution in [3.05, 3.63) is 96.1 Å². The van der Waals surface area contributed by atoms with E-state index in [4.69, 9.17) is 10.5 Å². The molecule has 8 heteroatoms. The van der Waals surface area contributed by atoms with Crippen LogP contribution >= 0.6 is 0 Å². The summed E-state index contributed by atoms with van der Waals surface area (Å²) in [4.78, 5) is 0. The summed E-state index contributed by atoms with van der Waals surface area (Å²) in [5, 5.41) is 16.6. The fraction of sp³-hybridized carbons (Fsp3) is 0.182. The third kappa shape index (κ3) is 23.4. The van der Waals surface area contributed by atoms with Crippen LogP contribution in [0.4, 0.5) is 17.3 Å². The number of nitriles is 2. The van der Waals surface area contributed by atoms with Crippen LogP contribution < -0.4 is 0 Å². The molecule has 0 fully saturated rings. The van der Waals surface area contributed by atoms with Crippen LogP contribution in [-0.2, 0) is 20.1 Å². The molecule has 0 amide bonds. The van der Waals surface area contributed by atoms with Crippen LogP contribution in [0.1, 0.15) is 36.8 Å². The number of hydrogen-bond donors (Lipinski definition) is 0. The van der Waals surface area contributed by atoms with Gasteiger partial charge in [-0.2, -0.15) is 10.5 Å². The molecule has 0 bridgehead atoms. The van der Waals surface area contributed by atoms with Gasteiger partial charge in [0.1, 0.15) is 0 Å². The summed E-state index contributed by atoms with van der Waals surface area (Å²) in [6, 6.07) is 22.3. The Morgan fingerprint density at radius 1 is 0.567 bits per heavy atom. The number of allylic oxidation sites excluding steroid dienone is 4. The van der Waals surface area contributed by atoms with Crippen LogP contribution in [-0.4, -0.2) is 7.25 Å². The van der Waals surface area contributed by atoms with E-state index in [0.717, 1.165) is 0 Å². The zero-order valence-corrected chi connectivity index (χ0v) is 18.6. The van der Waals surface area contributed by atoms with E-state index in [-0.39, 0.29) is 20.1 Å². The van der Waals surface area contributed by atoms with Gasteiger partial charge in [-0.1, -0.05) is 60.7 Å². The Morgan fingerprint density at radius 3 is 0.967 bits per heavy atom. The van der Waals surface area contributed by atoms with Gasteiger partial charge in [0.25, 0.3) is 0 Å². The van der Waals surface area contributed by atoms with E-state index in [1.54, 1.807) is 24.3 Å². The van der Waals surface area contributed by atoms with Crippen molar-refractivity contribution in [3.8, 4) is 12.1 Å². The SMILES string of the molecule is C1=C\CC/C=C\CC/1.F[B-](F)(F)F.N#Cc1ccccc1.N#Cc1ccccc1.[Ir]. The minimum Gasteiger partial charge on any atom is -0.418 e. The zero-order chi connectivity index (χ0) is 21.8. The Morgan fingerprint density at radius 2 is 0.800 bits per heavy atom. The summed E-state index contributed by atoms with van der Waals surface area (Å²) in [6.45, 7) is 0. The molecule has 0 spiro atoms. The summed E-state index contributed by atoms with van der Waals surface area (Å²) in [5.74, 6) is 0. The number of halogens is 4. The average Bonchev–Trinajstić information content (AvgIpc) is 2.68. The molecule has 1 aliphatic rings. The van der Waals surface area contributed by atoms with E-state index in [9.17, 15) is 17.3 Å². The maximum absolute atomic E-state index is 9.75. The second kappa shape index (κ2) is 19.6. The summed E-state index contributed by atoms with van der Waals surface area (Å²) in [7, 11) is -6.00. The maximum atomic E-state index is 9.75. The Kier molecular flexibility index (Phi) is 19.3. The van der Waals surface area contributed by atoms with E-state index in [0.29, 0.717) is 11.1 Å². The molecule has 0 aliphatic heterocycles. The van der Waals surface area contributed by atoms with Crippen LogP contribution in [0.3, 0.4) is 0 Å². The van der Waals surface area contributed by atoms with Crippen molar-refractivity contribution >= 4 is 7.25 Å². The van der Waals surface area contributed by atoms with Crippen molar-refractivity contribution < 1.29 is 37.4 Å². The van der Waals surface area contributed by atoms with E-state index >= 15 is 0 Å². The van der Waals surface area contributed by atoms with Crippen LogP contribution in [0, 0.1) is 22.7 Å². The topological polar surface area (TPSA) is 47.6 Å². The standard InChI is InChI=1S/C8H12.2C7H5N.BF4.Ir/c1-2-4-6-8-7-5-3-1;2*8-6-7-4-2-1-3-5-7;2-1(3,4)5;/h1-2,7-8H,3-6H2;2*1-5H;;/q;;;-1;/b2-1-,8-7-;;;;. The number of hydrogen-bond acceptors (Lipinski definition) is 2. The van der Waals surface area contributed by atoms with Crippen LogP contribution in [0.2, 0.25) is 0 Å². The molecular weight excluding hydrogens is 571 g/mol. The molecule has 0 N–H and O–H groups in total. The molecule has 2 aromatic rings. The normalized spacial score (nSPS) is 13.7. The molecule has 0 saturated carbocycles. The van der Waals surface area contributed by atoms with Crippen LogP contribution in [0.25, 0.3) is 0 Å². The molecule has 0 unspecified atom stereocenters. The molecule has 0 saturated heterocycles. The molecular formula is C22H22BF4IrN2-. The van der Waals surface area contributed by atoms with Gasteiger partial charge in [0.15, 0.2) is 0 Å². The molecule has 2 nitrogen and oxygen atoms in total. The maximum Gasteiger partial charge on any atom is 0.673 e. The predicted molar refractivity (Wildman–Crippen MR) is 109 cm³/mol. The summed E-state index contributed by atoms with van der Waals surface area (Å²) in [6.07, 6.45) is 14.0. The predicted octanol–water partition coefficient (Wildman–Crippen LogP) is 7.09. The second-order valence-corrected chi connectivity index (χ2v) is 5.55. The molecule has 0 aromatic heterocycles. The average molecular weight is 593 g/mol. The Hall–Kier alpha value is -2.67. The molecule has 161 valence electrons. The van der Waals surface area contributed by atoms with Crippen molar-refractivity contribution in [1.82, 2.24) is 0 Å². The summed E-state index contributed by atoms with van der Waals surface area (Å²) < 4.78 is 39.0. The number of rotatable bonds is 0. The molecule has 3 rings (SSSR count). The van der Waals surface area contributed by atoms with Crippen LogP contribution in [0.5, 0.6) is 0 Å². The van der Waals surface area contributed by atoms with E-state index in [1.807, 2.05) is 48.5 Å². The first-order chi connectivity index (χ1) is 13.9. The summed E-state index contributed by atoms with van der Waals surface area (Å²) >= 11 is 0. The van der Waals surface area contributed by atoms with E-state index < -0.39 is 7.25 Å². The van der Waals surface area contributed by atoms with Gasteiger partial charge in [0.05, 0.1) is 23.3 Å². The first-order valence-corrected chi connectivity index (χ1v) is 8.94. The fourth-order valence-corrected chi connectivity index (χ4v) is 1.88. The summed E-state index contributed by atoms with van der Waals surface area (Å²) in [5.41, 5.74) is 1.43. The minimum atomic E-state index is -6.00. The molecule has 0 atom stereocenters. The van der Waals surface area contributed by atoms with Crippen molar-refractivity contribution in [3.63, 3.8) is 0 Å².